The van der Waals surface area contributed by atoms with E-state index in [1.54, 1.807) is 20.8 Å². The van der Waals surface area contributed by atoms with Gasteiger partial charge in [0.25, 0.3) is 5.91 Å². The number of nitrogens with one attached hydrogen (secondary N) is 2. The van der Waals surface area contributed by atoms with Crippen LogP contribution in [0.3, 0.4) is 0 Å². The predicted octanol–water partition coefficient (Wildman–Crippen LogP) is -0.946. The van der Waals surface area contributed by atoms with Gasteiger partial charge < -0.3 is 15.5 Å². The van der Waals surface area contributed by atoms with Crippen molar-refractivity contribution >= 4 is 23.8 Å². The van der Waals surface area contributed by atoms with Gasteiger partial charge in [-0.1, -0.05) is 6.92 Å². The molecule has 2 atom stereocenters. The zero-order valence-corrected chi connectivity index (χ0v) is 12.4. The molecule has 2 aliphatic heterocycles. The Balaban J connectivity index is 2.08. The third-order valence-corrected chi connectivity index (χ3v) is 4.16. The van der Waals surface area contributed by atoms with Crippen LogP contribution in [0.4, 0.5) is 4.79 Å². The van der Waals surface area contributed by atoms with Crippen LogP contribution in [0.2, 0.25) is 0 Å². The van der Waals surface area contributed by atoms with Crippen molar-refractivity contribution in [3.63, 3.8) is 0 Å². The Morgan fingerprint density at radius 2 is 2.05 bits per heavy atom. The van der Waals surface area contributed by atoms with Gasteiger partial charge >= 0.3 is 6.03 Å². The highest BCUT2D eigenvalue weighted by Crippen LogP contribution is 2.21. The summed E-state index contributed by atoms with van der Waals surface area (Å²) < 4.78 is 0. The van der Waals surface area contributed by atoms with Crippen molar-refractivity contribution in [3.8, 4) is 0 Å². The fraction of sp³-hybridized carbons (Fsp3) is 0.692. The first-order valence-electron chi connectivity index (χ1n) is 7.01. The van der Waals surface area contributed by atoms with Crippen molar-refractivity contribution in [3.05, 3.63) is 0 Å². The number of rotatable bonds is 3. The Hall–Kier alpha value is -2.12. The van der Waals surface area contributed by atoms with Crippen molar-refractivity contribution in [1.82, 2.24) is 20.4 Å². The SMILES string of the molecule is CCC1(C)NC(=O)N(CC(=O)N2CCNC(=O)C2C)C1=O. The lowest BCUT2D eigenvalue weighted by molar-refractivity contribution is -0.145. The van der Waals surface area contributed by atoms with Gasteiger partial charge in [-0.05, 0) is 20.3 Å². The Kier molecular flexibility index (Phi) is 3.89. The van der Waals surface area contributed by atoms with E-state index in [-0.39, 0.29) is 12.5 Å². The second-order valence-corrected chi connectivity index (χ2v) is 5.56. The molecule has 2 aliphatic rings. The number of nitrogens with zero attached hydrogens (tertiary/aromatic N) is 2. The maximum absolute atomic E-state index is 12.3. The molecule has 0 spiro atoms. The zero-order chi connectivity index (χ0) is 15.8. The fourth-order valence-corrected chi connectivity index (χ4v) is 2.48. The monoisotopic (exact) mass is 296 g/mol. The van der Waals surface area contributed by atoms with Crippen LogP contribution in [-0.2, 0) is 14.4 Å². The maximum Gasteiger partial charge on any atom is 0.325 e. The van der Waals surface area contributed by atoms with Gasteiger partial charge in [0, 0.05) is 13.1 Å². The summed E-state index contributed by atoms with van der Waals surface area (Å²) in [5, 5.41) is 5.25. The standard InChI is InChI=1S/C13H20N4O4/c1-4-13(3)11(20)17(12(21)15-13)7-9(18)16-6-5-14-10(19)8(16)2/h8H,4-7H2,1-3H3,(H,14,19)(H,15,21). The molecule has 0 aromatic carbocycles. The van der Waals surface area contributed by atoms with Crippen LogP contribution in [0.15, 0.2) is 0 Å². The molecule has 116 valence electrons. The highest BCUT2D eigenvalue weighted by molar-refractivity contribution is 6.09. The number of piperazine rings is 1. The van der Waals surface area contributed by atoms with Gasteiger partial charge in [-0.3, -0.25) is 19.3 Å². The lowest BCUT2D eigenvalue weighted by Gasteiger charge is -2.33. The van der Waals surface area contributed by atoms with Crippen molar-refractivity contribution in [2.24, 2.45) is 0 Å². The summed E-state index contributed by atoms with van der Waals surface area (Å²) in [6, 6.07) is -1.16. The van der Waals surface area contributed by atoms with Crippen molar-refractivity contribution in [2.75, 3.05) is 19.6 Å². The Morgan fingerprint density at radius 1 is 1.38 bits per heavy atom. The molecule has 0 radical (unpaired) electrons. The molecule has 2 heterocycles. The number of carbonyl (C=O) groups is 4. The van der Waals surface area contributed by atoms with Gasteiger partial charge in [0.05, 0.1) is 0 Å². The molecule has 2 unspecified atom stereocenters. The summed E-state index contributed by atoms with van der Waals surface area (Å²) in [7, 11) is 0. The molecule has 2 fully saturated rings. The van der Waals surface area contributed by atoms with Gasteiger partial charge in [0.2, 0.25) is 11.8 Å². The van der Waals surface area contributed by atoms with E-state index in [0.717, 1.165) is 4.90 Å². The third-order valence-electron chi connectivity index (χ3n) is 4.16. The minimum atomic E-state index is -0.956. The molecular formula is C13H20N4O4. The summed E-state index contributed by atoms with van der Waals surface area (Å²) >= 11 is 0. The zero-order valence-electron chi connectivity index (χ0n) is 12.4. The first-order valence-corrected chi connectivity index (χ1v) is 7.01. The Labute approximate surface area is 122 Å². The molecule has 5 amide bonds. The van der Waals surface area contributed by atoms with E-state index in [1.807, 2.05) is 0 Å². The van der Waals surface area contributed by atoms with E-state index in [2.05, 4.69) is 10.6 Å². The van der Waals surface area contributed by atoms with E-state index in [4.69, 9.17) is 0 Å². The van der Waals surface area contributed by atoms with E-state index in [0.29, 0.717) is 19.5 Å². The van der Waals surface area contributed by atoms with E-state index in [1.165, 1.54) is 4.90 Å². The summed E-state index contributed by atoms with van der Waals surface area (Å²) in [5.41, 5.74) is -0.956. The van der Waals surface area contributed by atoms with Crippen LogP contribution < -0.4 is 10.6 Å². The Morgan fingerprint density at radius 3 is 2.62 bits per heavy atom. The second-order valence-electron chi connectivity index (χ2n) is 5.56. The Bertz CT molecular complexity index is 506. The molecule has 2 rings (SSSR count). The minimum absolute atomic E-state index is 0.231. The van der Waals surface area contributed by atoms with Crippen LogP contribution in [-0.4, -0.2) is 64.8 Å². The first kappa shape index (κ1) is 15.3. The number of urea groups is 1. The first-order chi connectivity index (χ1) is 9.80. The number of carbonyl (C=O) groups excluding carboxylic acids is 4. The van der Waals surface area contributed by atoms with Gasteiger partial charge in [-0.2, -0.15) is 0 Å². The molecule has 0 saturated carbocycles. The van der Waals surface area contributed by atoms with Crippen LogP contribution in [0, 0.1) is 0 Å². The van der Waals surface area contributed by atoms with E-state index < -0.39 is 29.4 Å². The lowest BCUT2D eigenvalue weighted by Crippen LogP contribution is -2.58. The van der Waals surface area contributed by atoms with Crippen LogP contribution in [0.1, 0.15) is 27.2 Å². The summed E-state index contributed by atoms with van der Waals surface area (Å²) in [6.45, 7) is 5.46. The molecule has 0 aliphatic carbocycles. The molecule has 0 aromatic rings. The largest absolute Gasteiger partial charge is 0.353 e. The molecule has 2 saturated heterocycles. The number of imide groups is 1. The topological polar surface area (TPSA) is 98.8 Å². The second kappa shape index (κ2) is 5.34. The van der Waals surface area contributed by atoms with Gasteiger partial charge in [0.1, 0.15) is 18.1 Å². The van der Waals surface area contributed by atoms with Crippen LogP contribution in [0.25, 0.3) is 0 Å². The van der Waals surface area contributed by atoms with Crippen LogP contribution in [0.5, 0.6) is 0 Å². The predicted molar refractivity (Wildman–Crippen MR) is 73.1 cm³/mol. The maximum atomic E-state index is 12.3. The number of hydrogen-bond acceptors (Lipinski definition) is 4. The van der Waals surface area contributed by atoms with E-state index in [9.17, 15) is 19.2 Å². The molecular weight excluding hydrogens is 276 g/mol. The van der Waals surface area contributed by atoms with Crippen LogP contribution >= 0.6 is 0 Å². The third kappa shape index (κ3) is 2.57. The molecule has 8 nitrogen and oxygen atoms in total. The van der Waals surface area contributed by atoms with Crippen molar-refractivity contribution < 1.29 is 19.2 Å². The van der Waals surface area contributed by atoms with Gasteiger partial charge in [0.15, 0.2) is 0 Å². The minimum Gasteiger partial charge on any atom is -0.353 e. The molecule has 2 N–H and O–H groups in total. The molecule has 21 heavy (non-hydrogen) atoms. The summed E-state index contributed by atoms with van der Waals surface area (Å²) in [5.74, 6) is -1.04. The highest BCUT2D eigenvalue weighted by atomic mass is 16.2. The highest BCUT2D eigenvalue weighted by Gasteiger charge is 2.47. The lowest BCUT2D eigenvalue weighted by atomic mass is 9.99. The van der Waals surface area contributed by atoms with Gasteiger partial charge in [-0.15, -0.1) is 0 Å². The van der Waals surface area contributed by atoms with Crippen molar-refractivity contribution in [2.45, 2.75) is 38.8 Å². The summed E-state index contributed by atoms with van der Waals surface area (Å²) in [4.78, 5) is 50.2. The number of hydrogen-bond donors (Lipinski definition) is 2. The molecule has 0 aromatic heterocycles. The quantitative estimate of drug-likeness (QED) is 0.656. The smallest absolute Gasteiger partial charge is 0.325 e. The average molecular weight is 296 g/mol. The normalized spacial score (nSPS) is 29.5. The molecule has 0 bridgehead atoms. The van der Waals surface area contributed by atoms with Crippen molar-refractivity contribution in [1.29, 1.82) is 0 Å². The number of amides is 5. The summed E-state index contributed by atoms with van der Waals surface area (Å²) in [6.07, 6.45) is 0.449. The van der Waals surface area contributed by atoms with Gasteiger partial charge in [-0.25, -0.2) is 4.79 Å². The fourth-order valence-electron chi connectivity index (χ4n) is 2.48. The average Bonchev–Trinajstić information content (AvgIpc) is 2.66. The molecule has 8 heteroatoms. The van der Waals surface area contributed by atoms with E-state index >= 15 is 0 Å².